The molecule has 0 atom stereocenters. The summed E-state index contributed by atoms with van der Waals surface area (Å²) in [7, 11) is 0. The summed E-state index contributed by atoms with van der Waals surface area (Å²) < 4.78 is 32.0. The summed E-state index contributed by atoms with van der Waals surface area (Å²) in [6.45, 7) is 3.85. The Morgan fingerprint density at radius 1 is 1.29 bits per heavy atom. The van der Waals surface area contributed by atoms with E-state index in [9.17, 15) is 8.78 Å². The van der Waals surface area contributed by atoms with E-state index in [0.717, 1.165) is 32.0 Å². The van der Waals surface area contributed by atoms with Gasteiger partial charge in [-0.05, 0) is 51.1 Å². The standard InChI is InChI=1S/C15H17F2N3O/c1-10-18-15(21-19-10)11-4-6-20(7-5-11)9-12-8-13(16)2-3-14(12)17/h2-3,8,11H,4-7,9H2,1H3. The molecule has 21 heavy (non-hydrogen) atoms. The van der Waals surface area contributed by atoms with Crippen molar-refractivity contribution in [3.05, 3.63) is 47.1 Å². The lowest BCUT2D eigenvalue weighted by Crippen LogP contribution is -2.32. The summed E-state index contributed by atoms with van der Waals surface area (Å²) in [5.74, 6) is 0.840. The van der Waals surface area contributed by atoms with Gasteiger partial charge in [-0.1, -0.05) is 5.16 Å². The van der Waals surface area contributed by atoms with Gasteiger partial charge in [-0.15, -0.1) is 0 Å². The molecule has 1 aliphatic rings. The van der Waals surface area contributed by atoms with Crippen molar-refractivity contribution >= 4 is 0 Å². The number of nitrogens with zero attached hydrogens (tertiary/aromatic N) is 3. The first-order valence-corrected chi connectivity index (χ1v) is 7.08. The van der Waals surface area contributed by atoms with Crippen LogP contribution < -0.4 is 0 Å². The minimum Gasteiger partial charge on any atom is -0.339 e. The van der Waals surface area contributed by atoms with Crippen LogP contribution in [-0.4, -0.2) is 28.1 Å². The van der Waals surface area contributed by atoms with E-state index in [1.165, 1.54) is 12.1 Å². The first-order chi connectivity index (χ1) is 10.1. The van der Waals surface area contributed by atoms with Crippen LogP contribution in [0.25, 0.3) is 0 Å². The molecule has 1 aromatic carbocycles. The third kappa shape index (κ3) is 3.26. The van der Waals surface area contributed by atoms with Gasteiger partial charge in [-0.3, -0.25) is 4.90 Å². The van der Waals surface area contributed by atoms with Crippen molar-refractivity contribution in [3.8, 4) is 0 Å². The Kier molecular flexibility index (Phi) is 3.96. The molecule has 0 aliphatic carbocycles. The van der Waals surface area contributed by atoms with E-state index in [1.54, 1.807) is 6.92 Å². The van der Waals surface area contributed by atoms with Gasteiger partial charge in [0.2, 0.25) is 5.89 Å². The van der Waals surface area contributed by atoms with Gasteiger partial charge in [-0.25, -0.2) is 8.78 Å². The molecule has 0 saturated carbocycles. The lowest BCUT2D eigenvalue weighted by atomic mass is 9.96. The third-order valence-electron chi connectivity index (χ3n) is 3.88. The molecule has 0 amide bonds. The summed E-state index contributed by atoms with van der Waals surface area (Å²) in [5, 5.41) is 3.81. The van der Waals surface area contributed by atoms with Crippen molar-refractivity contribution < 1.29 is 13.3 Å². The number of hydrogen-bond donors (Lipinski definition) is 0. The van der Waals surface area contributed by atoms with Gasteiger partial charge in [0, 0.05) is 18.0 Å². The second-order valence-electron chi connectivity index (χ2n) is 5.47. The highest BCUT2D eigenvalue weighted by Crippen LogP contribution is 2.27. The molecule has 0 bridgehead atoms. The molecule has 0 radical (unpaired) electrons. The van der Waals surface area contributed by atoms with Crippen LogP contribution in [-0.2, 0) is 6.54 Å². The predicted molar refractivity (Wildman–Crippen MR) is 72.6 cm³/mol. The van der Waals surface area contributed by atoms with Gasteiger partial charge in [0.25, 0.3) is 0 Å². The van der Waals surface area contributed by atoms with E-state index in [0.29, 0.717) is 23.8 Å². The summed E-state index contributed by atoms with van der Waals surface area (Å²) >= 11 is 0. The summed E-state index contributed by atoms with van der Waals surface area (Å²) in [6.07, 6.45) is 1.77. The van der Waals surface area contributed by atoms with Crippen LogP contribution in [0.2, 0.25) is 0 Å². The Hall–Kier alpha value is -1.82. The Bertz CT molecular complexity index is 621. The highest BCUT2D eigenvalue weighted by Gasteiger charge is 2.25. The molecule has 6 heteroatoms. The van der Waals surface area contributed by atoms with Crippen molar-refractivity contribution in [2.75, 3.05) is 13.1 Å². The maximum absolute atomic E-state index is 13.6. The number of aryl methyl sites for hydroxylation is 1. The van der Waals surface area contributed by atoms with Crippen LogP contribution in [0.4, 0.5) is 8.78 Å². The van der Waals surface area contributed by atoms with E-state index in [1.807, 2.05) is 0 Å². The number of hydrogen-bond acceptors (Lipinski definition) is 4. The second-order valence-corrected chi connectivity index (χ2v) is 5.47. The molecule has 1 aromatic heterocycles. The molecule has 1 fully saturated rings. The monoisotopic (exact) mass is 293 g/mol. The van der Waals surface area contributed by atoms with Crippen molar-refractivity contribution in [3.63, 3.8) is 0 Å². The van der Waals surface area contributed by atoms with Gasteiger partial charge >= 0.3 is 0 Å². The zero-order chi connectivity index (χ0) is 14.8. The SMILES string of the molecule is Cc1noc(C2CCN(Cc3cc(F)ccc3F)CC2)n1. The summed E-state index contributed by atoms with van der Waals surface area (Å²) in [4.78, 5) is 6.39. The van der Waals surface area contributed by atoms with Crippen molar-refractivity contribution in [1.29, 1.82) is 0 Å². The molecule has 2 heterocycles. The van der Waals surface area contributed by atoms with Gasteiger partial charge < -0.3 is 4.52 Å². The molecule has 0 spiro atoms. The highest BCUT2D eigenvalue weighted by atomic mass is 19.1. The molecule has 1 saturated heterocycles. The Morgan fingerprint density at radius 3 is 2.71 bits per heavy atom. The quantitative estimate of drug-likeness (QED) is 0.872. The number of likely N-dealkylation sites (tertiary alicyclic amines) is 1. The lowest BCUT2D eigenvalue weighted by Gasteiger charge is -2.30. The van der Waals surface area contributed by atoms with Crippen LogP contribution in [0.5, 0.6) is 0 Å². The van der Waals surface area contributed by atoms with E-state index in [2.05, 4.69) is 15.0 Å². The number of aromatic nitrogens is 2. The first-order valence-electron chi connectivity index (χ1n) is 7.08. The van der Waals surface area contributed by atoms with Crippen molar-refractivity contribution in [2.24, 2.45) is 0 Å². The Labute approximate surface area is 121 Å². The smallest absolute Gasteiger partial charge is 0.229 e. The van der Waals surface area contributed by atoms with Gasteiger partial charge in [0.15, 0.2) is 5.82 Å². The zero-order valence-electron chi connectivity index (χ0n) is 11.9. The van der Waals surface area contributed by atoms with Gasteiger partial charge in [0.05, 0.1) is 0 Å². The minimum atomic E-state index is -0.400. The molecular formula is C15H17F2N3O. The number of piperidine rings is 1. The molecule has 112 valence electrons. The molecule has 0 unspecified atom stereocenters. The number of rotatable bonds is 3. The highest BCUT2D eigenvalue weighted by molar-refractivity contribution is 5.18. The lowest BCUT2D eigenvalue weighted by molar-refractivity contribution is 0.185. The predicted octanol–water partition coefficient (Wildman–Crippen LogP) is 3.04. The van der Waals surface area contributed by atoms with Crippen LogP contribution >= 0.6 is 0 Å². The summed E-state index contributed by atoms with van der Waals surface area (Å²) in [5.41, 5.74) is 0.405. The average molecular weight is 293 g/mol. The second kappa shape index (κ2) is 5.89. The minimum absolute atomic E-state index is 0.264. The largest absolute Gasteiger partial charge is 0.339 e. The molecule has 4 nitrogen and oxygen atoms in total. The van der Waals surface area contributed by atoms with Crippen LogP contribution in [0, 0.1) is 18.6 Å². The normalized spacial score (nSPS) is 17.3. The molecular weight excluding hydrogens is 276 g/mol. The Balaban J connectivity index is 1.60. The van der Waals surface area contributed by atoms with E-state index in [-0.39, 0.29) is 11.7 Å². The summed E-state index contributed by atoms with van der Waals surface area (Å²) in [6, 6.07) is 3.59. The number of halogens is 2. The van der Waals surface area contributed by atoms with Gasteiger partial charge in [-0.2, -0.15) is 4.98 Å². The number of benzene rings is 1. The fraction of sp³-hybridized carbons (Fsp3) is 0.467. The molecule has 0 N–H and O–H groups in total. The fourth-order valence-corrected chi connectivity index (χ4v) is 2.72. The van der Waals surface area contributed by atoms with Crippen molar-refractivity contribution in [2.45, 2.75) is 32.2 Å². The molecule has 3 rings (SSSR count). The van der Waals surface area contributed by atoms with Crippen LogP contribution in [0.15, 0.2) is 22.7 Å². The fourth-order valence-electron chi connectivity index (χ4n) is 2.72. The first kappa shape index (κ1) is 14.1. The maximum atomic E-state index is 13.6. The molecule has 2 aromatic rings. The maximum Gasteiger partial charge on any atom is 0.229 e. The average Bonchev–Trinajstić information content (AvgIpc) is 2.90. The molecule has 1 aliphatic heterocycles. The van der Waals surface area contributed by atoms with E-state index >= 15 is 0 Å². The topological polar surface area (TPSA) is 42.2 Å². The van der Waals surface area contributed by atoms with Crippen LogP contribution in [0.3, 0.4) is 0 Å². The van der Waals surface area contributed by atoms with Crippen LogP contribution in [0.1, 0.15) is 36.0 Å². The zero-order valence-corrected chi connectivity index (χ0v) is 11.9. The van der Waals surface area contributed by atoms with E-state index in [4.69, 9.17) is 4.52 Å². The third-order valence-corrected chi connectivity index (χ3v) is 3.88. The van der Waals surface area contributed by atoms with Crippen molar-refractivity contribution in [1.82, 2.24) is 15.0 Å². The Morgan fingerprint density at radius 2 is 2.05 bits per heavy atom. The van der Waals surface area contributed by atoms with E-state index < -0.39 is 5.82 Å². The van der Waals surface area contributed by atoms with Gasteiger partial charge in [0.1, 0.15) is 11.6 Å².